The average Bonchev–Trinajstić information content (AvgIpc) is 1.94. The molecular formula is C11H22O3. The number of unbranched alkanes of at least 4 members (excludes halogenated alkanes) is 1. The van der Waals surface area contributed by atoms with E-state index in [1.165, 1.54) is 0 Å². The van der Waals surface area contributed by atoms with Crippen LogP contribution in [0.15, 0.2) is 0 Å². The van der Waals surface area contributed by atoms with Gasteiger partial charge in [-0.05, 0) is 40.5 Å². The van der Waals surface area contributed by atoms with E-state index >= 15 is 0 Å². The fourth-order valence-electron chi connectivity index (χ4n) is 1.10. The number of esters is 1. The zero-order chi connectivity index (χ0) is 11.2. The first-order valence-corrected chi connectivity index (χ1v) is 5.21. The van der Waals surface area contributed by atoms with Gasteiger partial charge in [-0.1, -0.05) is 6.42 Å². The Morgan fingerprint density at radius 1 is 1.36 bits per heavy atom. The van der Waals surface area contributed by atoms with Crippen LogP contribution in [0, 0.1) is 0 Å². The summed E-state index contributed by atoms with van der Waals surface area (Å²) in [6.45, 7) is 7.34. The SMILES string of the molecule is C[C@@H](O)CCCCC(=O)OC(C)(C)C. The maximum Gasteiger partial charge on any atom is 0.306 e. The predicted molar refractivity (Wildman–Crippen MR) is 56.0 cm³/mol. The van der Waals surface area contributed by atoms with Gasteiger partial charge >= 0.3 is 5.97 Å². The summed E-state index contributed by atoms with van der Waals surface area (Å²) in [4.78, 5) is 11.2. The number of ether oxygens (including phenoxy) is 1. The normalized spacial score (nSPS) is 13.8. The number of rotatable bonds is 5. The Kier molecular flexibility index (Phi) is 5.77. The number of carbonyl (C=O) groups is 1. The maximum atomic E-state index is 11.2. The standard InChI is InChI=1S/C11H22O3/c1-9(12)7-5-6-8-10(13)14-11(2,3)4/h9,12H,5-8H2,1-4H3/t9-/m1/s1. The second-order valence-corrected chi connectivity index (χ2v) is 4.68. The molecule has 0 aromatic rings. The van der Waals surface area contributed by atoms with Crippen LogP contribution in [-0.2, 0) is 9.53 Å². The van der Waals surface area contributed by atoms with Gasteiger partial charge in [0.2, 0.25) is 0 Å². The third-order valence-electron chi connectivity index (χ3n) is 1.67. The molecule has 0 aromatic carbocycles. The Labute approximate surface area is 86.5 Å². The van der Waals surface area contributed by atoms with Crippen LogP contribution in [0.3, 0.4) is 0 Å². The molecule has 0 fully saturated rings. The molecule has 0 aliphatic heterocycles. The molecule has 0 heterocycles. The van der Waals surface area contributed by atoms with E-state index in [0.29, 0.717) is 6.42 Å². The van der Waals surface area contributed by atoms with Gasteiger partial charge in [0.25, 0.3) is 0 Å². The smallest absolute Gasteiger partial charge is 0.306 e. The number of aliphatic hydroxyl groups excluding tert-OH is 1. The van der Waals surface area contributed by atoms with E-state index in [0.717, 1.165) is 19.3 Å². The molecule has 3 heteroatoms. The van der Waals surface area contributed by atoms with Crippen molar-refractivity contribution < 1.29 is 14.6 Å². The average molecular weight is 202 g/mol. The summed E-state index contributed by atoms with van der Waals surface area (Å²) in [6, 6.07) is 0. The molecule has 0 spiro atoms. The summed E-state index contributed by atoms with van der Waals surface area (Å²) in [6.07, 6.45) is 2.59. The second kappa shape index (κ2) is 6.02. The van der Waals surface area contributed by atoms with Crippen LogP contribution >= 0.6 is 0 Å². The van der Waals surface area contributed by atoms with E-state index < -0.39 is 0 Å². The van der Waals surface area contributed by atoms with Gasteiger partial charge in [-0.3, -0.25) is 4.79 Å². The molecule has 0 rings (SSSR count). The topological polar surface area (TPSA) is 46.5 Å². The monoisotopic (exact) mass is 202 g/mol. The zero-order valence-corrected chi connectivity index (χ0v) is 9.67. The van der Waals surface area contributed by atoms with Crippen molar-refractivity contribution in [1.82, 2.24) is 0 Å². The third-order valence-corrected chi connectivity index (χ3v) is 1.67. The first-order valence-electron chi connectivity index (χ1n) is 5.21. The minimum absolute atomic E-state index is 0.150. The fraction of sp³-hybridized carbons (Fsp3) is 0.909. The minimum atomic E-state index is -0.388. The highest BCUT2D eigenvalue weighted by Crippen LogP contribution is 2.10. The number of carbonyl (C=O) groups excluding carboxylic acids is 1. The Hall–Kier alpha value is -0.570. The molecule has 0 aromatic heterocycles. The molecule has 0 radical (unpaired) electrons. The molecule has 0 aliphatic carbocycles. The summed E-state index contributed by atoms with van der Waals surface area (Å²) < 4.78 is 5.14. The van der Waals surface area contributed by atoms with Crippen LogP contribution < -0.4 is 0 Å². The van der Waals surface area contributed by atoms with Crippen LogP contribution in [-0.4, -0.2) is 22.8 Å². The number of hydrogen-bond donors (Lipinski definition) is 1. The first-order chi connectivity index (χ1) is 6.31. The lowest BCUT2D eigenvalue weighted by Crippen LogP contribution is -2.23. The second-order valence-electron chi connectivity index (χ2n) is 4.68. The molecule has 1 atom stereocenters. The van der Waals surface area contributed by atoms with Gasteiger partial charge in [0.1, 0.15) is 5.60 Å². The lowest BCUT2D eigenvalue weighted by Gasteiger charge is -2.19. The molecule has 84 valence electrons. The third kappa shape index (κ3) is 9.52. The van der Waals surface area contributed by atoms with Crippen molar-refractivity contribution in [2.24, 2.45) is 0 Å². The number of aliphatic hydroxyl groups is 1. The summed E-state index contributed by atoms with van der Waals surface area (Å²) in [7, 11) is 0. The molecule has 0 saturated heterocycles. The van der Waals surface area contributed by atoms with Crippen molar-refractivity contribution in [2.45, 2.75) is 65.1 Å². The van der Waals surface area contributed by atoms with Crippen molar-refractivity contribution in [3.05, 3.63) is 0 Å². The van der Waals surface area contributed by atoms with Crippen LogP contribution in [0.1, 0.15) is 53.4 Å². The predicted octanol–water partition coefficient (Wildman–Crippen LogP) is 2.27. The Morgan fingerprint density at radius 3 is 2.36 bits per heavy atom. The van der Waals surface area contributed by atoms with Crippen molar-refractivity contribution in [1.29, 1.82) is 0 Å². The lowest BCUT2D eigenvalue weighted by atomic mass is 10.1. The summed E-state index contributed by atoms with van der Waals surface area (Å²) in [5.41, 5.74) is -0.388. The quantitative estimate of drug-likeness (QED) is 0.549. The molecule has 0 amide bonds. The Balaban J connectivity index is 3.46. The van der Waals surface area contributed by atoms with Crippen LogP contribution in [0.2, 0.25) is 0 Å². The van der Waals surface area contributed by atoms with Gasteiger partial charge in [0.05, 0.1) is 6.10 Å². The van der Waals surface area contributed by atoms with Gasteiger partial charge in [0, 0.05) is 6.42 Å². The zero-order valence-electron chi connectivity index (χ0n) is 9.67. The number of hydrogen-bond acceptors (Lipinski definition) is 3. The molecule has 0 aliphatic rings. The molecule has 14 heavy (non-hydrogen) atoms. The van der Waals surface area contributed by atoms with Crippen molar-refractivity contribution in [3.63, 3.8) is 0 Å². The molecule has 0 unspecified atom stereocenters. The van der Waals surface area contributed by atoms with E-state index in [2.05, 4.69) is 0 Å². The highest BCUT2D eigenvalue weighted by molar-refractivity contribution is 5.69. The summed E-state index contributed by atoms with van der Waals surface area (Å²) >= 11 is 0. The van der Waals surface area contributed by atoms with E-state index in [1.807, 2.05) is 20.8 Å². The minimum Gasteiger partial charge on any atom is -0.460 e. The van der Waals surface area contributed by atoms with E-state index in [1.54, 1.807) is 6.92 Å². The van der Waals surface area contributed by atoms with Crippen LogP contribution in [0.5, 0.6) is 0 Å². The van der Waals surface area contributed by atoms with E-state index in [9.17, 15) is 4.79 Å². The van der Waals surface area contributed by atoms with Crippen molar-refractivity contribution in [3.8, 4) is 0 Å². The molecule has 0 saturated carbocycles. The van der Waals surface area contributed by atoms with Crippen LogP contribution in [0.25, 0.3) is 0 Å². The Morgan fingerprint density at radius 2 is 1.93 bits per heavy atom. The first kappa shape index (κ1) is 13.4. The highest BCUT2D eigenvalue weighted by Gasteiger charge is 2.15. The highest BCUT2D eigenvalue weighted by atomic mass is 16.6. The molecule has 0 bridgehead atoms. The fourth-order valence-corrected chi connectivity index (χ4v) is 1.10. The largest absolute Gasteiger partial charge is 0.460 e. The maximum absolute atomic E-state index is 11.2. The van der Waals surface area contributed by atoms with Gasteiger partial charge in [-0.2, -0.15) is 0 Å². The van der Waals surface area contributed by atoms with Gasteiger partial charge in [-0.25, -0.2) is 0 Å². The van der Waals surface area contributed by atoms with E-state index in [-0.39, 0.29) is 17.7 Å². The van der Waals surface area contributed by atoms with Crippen LogP contribution in [0.4, 0.5) is 0 Å². The van der Waals surface area contributed by atoms with Crippen molar-refractivity contribution in [2.75, 3.05) is 0 Å². The van der Waals surface area contributed by atoms with Crippen molar-refractivity contribution >= 4 is 5.97 Å². The lowest BCUT2D eigenvalue weighted by molar-refractivity contribution is -0.154. The molecule has 1 N–H and O–H groups in total. The molecule has 3 nitrogen and oxygen atoms in total. The van der Waals surface area contributed by atoms with Gasteiger partial charge < -0.3 is 9.84 Å². The molecular weight excluding hydrogens is 180 g/mol. The summed E-state index contributed by atoms with van der Waals surface area (Å²) in [5, 5.41) is 8.99. The summed E-state index contributed by atoms with van der Waals surface area (Å²) in [5.74, 6) is -0.150. The van der Waals surface area contributed by atoms with Gasteiger partial charge in [-0.15, -0.1) is 0 Å². The van der Waals surface area contributed by atoms with Gasteiger partial charge in [0.15, 0.2) is 0 Å². The van der Waals surface area contributed by atoms with E-state index in [4.69, 9.17) is 9.84 Å². The Bertz CT molecular complexity index is 168.